The summed E-state index contributed by atoms with van der Waals surface area (Å²) in [5.74, 6) is 0. The molecule has 1 aliphatic rings. The summed E-state index contributed by atoms with van der Waals surface area (Å²) in [5.41, 5.74) is -0.180. The first kappa shape index (κ1) is 13.3. The zero-order valence-electron chi connectivity index (χ0n) is 10.0. The Bertz CT molecular complexity index is 521. The third kappa shape index (κ3) is 2.38. The lowest BCUT2D eigenvalue weighted by Gasteiger charge is -2.48. The summed E-state index contributed by atoms with van der Waals surface area (Å²) in [6.45, 7) is 5.87. The molecule has 6 heteroatoms. The minimum Gasteiger partial charge on any atom is -0.207 e. The molecule has 2 rings (SSSR count). The molecule has 0 aromatic carbocycles. The van der Waals surface area contributed by atoms with E-state index in [-0.39, 0.29) is 16.8 Å². The minimum absolute atomic E-state index is 0.0419. The Morgan fingerprint density at radius 3 is 2.53 bits per heavy atom. The topological polar surface area (TPSA) is 46.2 Å². The van der Waals surface area contributed by atoms with Gasteiger partial charge in [-0.3, -0.25) is 0 Å². The highest BCUT2D eigenvalue weighted by atomic mass is 35.5. The van der Waals surface area contributed by atoms with Crippen LogP contribution in [0.1, 0.15) is 25.1 Å². The molecule has 1 fully saturated rings. The standard InChI is InChI=1S/C11H16ClNO2S2/c1-7-4-5-10(16-7)17(14,15)13-9-6-8(12)11(9,2)3/h4-5,8-9,13H,6H2,1-3H3. The van der Waals surface area contributed by atoms with Crippen LogP contribution in [0.4, 0.5) is 0 Å². The van der Waals surface area contributed by atoms with Gasteiger partial charge in [-0.1, -0.05) is 13.8 Å². The highest BCUT2D eigenvalue weighted by molar-refractivity contribution is 7.91. The van der Waals surface area contributed by atoms with E-state index >= 15 is 0 Å². The Morgan fingerprint density at radius 2 is 2.12 bits per heavy atom. The van der Waals surface area contributed by atoms with Gasteiger partial charge in [0, 0.05) is 16.3 Å². The number of thiophene rings is 1. The van der Waals surface area contributed by atoms with Crippen LogP contribution < -0.4 is 4.72 Å². The van der Waals surface area contributed by atoms with E-state index in [9.17, 15) is 8.42 Å². The van der Waals surface area contributed by atoms with Crippen LogP contribution in [0.15, 0.2) is 16.3 Å². The van der Waals surface area contributed by atoms with Gasteiger partial charge in [0.05, 0.1) is 0 Å². The van der Waals surface area contributed by atoms with Gasteiger partial charge in [0.15, 0.2) is 0 Å². The number of halogens is 1. The van der Waals surface area contributed by atoms with E-state index in [4.69, 9.17) is 11.6 Å². The molecule has 0 amide bonds. The molecule has 0 aliphatic heterocycles. The van der Waals surface area contributed by atoms with Crippen LogP contribution in [0.2, 0.25) is 0 Å². The number of hydrogen-bond donors (Lipinski definition) is 1. The average molecular weight is 294 g/mol. The van der Waals surface area contributed by atoms with Crippen LogP contribution in [0.25, 0.3) is 0 Å². The number of aryl methyl sites for hydroxylation is 1. The number of nitrogens with one attached hydrogen (secondary N) is 1. The molecule has 1 aromatic rings. The van der Waals surface area contributed by atoms with Gasteiger partial charge in [-0.2, -0.15) is 0 Å². The van der Waals surface area contributed by atoms with Crippen molar-refractivity contribution in [1.82, 2.24) is 4.72 Å². The second kappa shape index (κ2) is 4.23. The Morgan fingerprint density at radius 1 is 1.47 bits per heavy atom. The van der Waals surface area contributed by atoms with Gasteiger partial charge < -0.3 is 0 Å². The fourth-order valence-electron chi connectivity index (χ4n) is 1.87. The molecule has 1 aromatic heterocycles. The first-order valence-electron chi connectivity index (χ1n) is 5.46. The first-order chi connectivity index (χ1) is 7.73. The average Bonchev–Trinajstić information content (AvgIpc) is 2.65. The highest BCUT2D eigenvalue weighted by Gasteiger charge is 2.48. The van der Waals surface area contributed by atoms with Crippen molar-refractivity contribution in [2.24, 2.45) is 5.41 Å². The molecule has 0 spiro atoms. The van der Waals surface area contributed by atoms with Crippen molar-refractivity contribution >= 4 is 33.0 Å². The van der Waals surface area contributed by atoms with Gasteiger partial charge in [-0.25, -0.2) is 13.1 Å². The third-order valence-corrected chi connectivity index (χ3v) is 7.13. The summed E-state index contributed by atoms with van der Waals surface area (Å²) in [6.07, 6.45) is 0.693. The normalized spacial score (nSPS) is 27.8. The Labute approximate surface area is 111 Å². The van der Waals surface area contributed by atoms with Crippen molar-refractivity contribution < 1.29 is 8.42 Å². The van der Waals surface area contributed by atoms with E-state index < -0.39 is 10.0 Å². The maximum atomic E-state index is 12.1. The molecule has 96 valence electrons. The lowest BCUT2D eigenvalue weighted by molar-refractivity contribution is 0.137. The fraction of sp³-hybridized carbons (Fsp3) is 0.636. The SMILES string of the molecule is Cc1ccc(S(=O)(=O)NC2CC(Cl)C2(C)C)s1. The van der Waals surface area contributed by atoms with E-state index in [0.29, 0.717) is 10.6 Å². The second-order valence-corrected chi connectivity index (χ2v) is 8.82. The molecule has 2 atom stereocenters. The quantitative estimate of drug-likeness (QED) is 0.871. The molecule has 1 aliphatic carbocycles. The predicted octanol–water partition coefficient (Wildman–Crippen LogP) is 2.74. The summed E-state index contributed by atoms with van der Waals surface area (Å²) in [7, 11) is -3.38. The van der Waals surface area contributed by atoms with Gasteiger partial charge in [-0.15, -0.1) is 22.9 Å². The second-order valence-electron chi connectivity index (χ2n) is 5.06. The minimum atomic E-state index is -3.38. The Hall–Kier alpha value is -0.100. The lowest BCUT2D eigenvalue weighted by atomic mass is 9.67. The van der Waals surface area contributed by atoms with Crippen LogP contribution >= 0.6 is 22.9 Å². The summed E-state index contributed by atoms with van der Waals surface area (Å²) in [6, 6.07) is 3.39. The number of alkyl halides is 1. The lowest BCUT2D eigenvalue weighted by Crippen LogP contribution is -2.59. The van der Waals surface area contributed by atoms with Gasteiger partial charge in [0.1, 0.15) is 4.21 Å². The van der Waals surface area contributed by atoms with Crippen LogP contribution in [-0.4, -0.2) is 19.8 Å². The smallest absolute Gasteiger partial charge is 0.207 e. The molecule has 3 nitrogen and oxygen atoms in total. The number of sulfonamides is 1. The molecule has 1 N–H and O–H groups in total. The summed E-state index contributed by atoms with van der Waals surface area (Å²) in [5, 5.41) is 0.0419. The largest absolute Gasteiger partial charge is 0.250 e. The van der Waals surface area contributed by atoms with Crippen molar-refractivity contribution in [3.8, 4) is 0 Å². The van der Waals surface area contributed by atoms with Crippen molar-refractivity contribution in [2.45, 2.75) is 42.8 Å². The molecule has 0 bridgehead atoms. The maximum absolute atomic E-state index is 12.1. The van der Waals surface area contributed by atoms with E-state index in [1.165, 1.54) is 11.3 Å². The fourth-order valence-corrected chi connectivity index (χ4v) is 4.91. The monoisotopic (exact) mass is 293 g/mol. The van der Waals surface area contributed by atoms with Crippen LogP contribution in [0.5, 0.6) is 0 Å². The van der Waals surface area contributed by atoms with E-state index in [1.54, 1.807) is 6.07 Å². The highest BCUT2D eigenvalue weighted by Crippen LogP contribution is 2.45. The molecule has 2 unspecified atom stereocenters. The van der Waals surface area contributed by atoms with Gasteiger partial charge in [-0.05, 0) is 30.9 Å². The van der Waals surface area contributed by atoms with Crippen molar-refractivity contribution in [1.29, 1.82) is 0 Å². The van der Waals surface area contributed by atoms with Gasteiger partial charge >= 0.3 is 0 Å². The van der Waals surface area contributed by atoms with E-state index in [0.717, 1.165) is 4.88 Å². The zero-order valence-corrected chi connectivity index (χ0v) is 12.4. The van der Waals surface area contributed by atoms with Gasteiger partial charge in [0.25, 0.3) is 0 Å². The summed E-state index contributed by atoms with van der Waals surface area (Å²) in [4.78, 5) is 0.994. The predicted molar refractivity (Wildman–Crippen MR) is 71.2 cm³/mol. The van der Waals surface area contributed by atoms with Crippen molar-refractivity contribution in [2.75, 3.05) is 0 Å². The Kier molecular flexibility index (Phi) is 3.32. The molecular weight excluding hydrogens is 278 g/mol. The van der Waals surface area contributed by atoms with Crippen LogP contribution in [0, 0.1) is 12.3 Å². The molecular formula is C11H16ClNO2S2. The Balaban J connectivity index is 2.15. The maximum Gasteiger partial charge on any atom is 0.250 e. The molecule has 1 heterocycles. The van der Waals surface area contributed by atoms with E-state index in [2.05, 4.69) is 4.72 Å². The summed E-state index contributed by atoms with van der Waals surface area (Å²) >= 11 is 7.37. The van der Waals surface area contributed by atoms with Crippen molar-refractivity contribution in [3.05, 3.63) is 17.0 Å². The third-order valence-electron chi connectivity index (χ3n) is 3.43. The van der Waals surface area contributed by atoms with E-state index in [1.807, 2.05) is 26.8 Å². The number of hydrogen-bond acceptors (Lipinski definition) is 3. The molecule has 17 heavy (non-hydrogen) atoms. The van der Waals surface area contributed by atoms with Crippen LogP contribution in [0.3, 0.4) is 0 Å². The zero-order chi connectivity index (χ0) is 12.8. The van der Waals surface area contributed by atoms with Crippen molar-refractivity contribution in [3.63, 3.8) is 0 Å². The van der Waals surface area contributed by atoms with Crippen LogP contribution in [-0.2, 0) is 10.0 Å². The first-order valence-corrected chi connectivity index (χ1v) is 8.20. The van der Waals surface area contributed by atoms with Gasteiger partial charge in [0.2, 0.25) is 10.0 Å². The number of rotatable bonds is 3. The molecule has 0 saturated heterocycles. The molecule has 1 saturated carbocycles. The summed E-state index contributed by atoms with van der Waals surface area (Å²) < 4.78 is 27.3. The molecule has 0 radical (unpaired) electrons.